The van der Waals surface area contributed by atoms with Crippen LogP contribution in [0.2, 0.25) is 0 Å². The van der Waals surface area contributed by atoms with Gasteiger partial charge in [-0.2, -0.15) is 0 Å². The monoisotopic (exact) mass is 912 g/mol. The molecular weight excluding hydrogens is 818 g/mol. The molecular formula is C55H94NO7P. The summed E-state index contributed by atoms with van der Waals surface area (Å²) in [5.74, 6) is -0.365. The van der Waals surface area contributed by atoms with E-state index in [4.69, 9.17) is 24.3 Å². The zero-order chi connectivity index (χ0) is 46.5. The molecule has 64 heavy (non-hydrogen) atoms. The first-order valence-corrected chi connectivity index (χ1v) is 26.9. The van der Waals surface area contributed by atoms with E-state index in [1.165, 1.54) is 77.0 Å². The van der Waals surface area contributed by atoms with E-state index in [1.54, 1.807) is 0 Å². The number of allylic oxidation sites excluding steroid dienone is 18. The molecule has 0 bridgehead atoms. The van der Waals surface area contributed by atoms with Crippen LogP contribution in [0.15, 0.2) is 109 Å². The van der Waals surface area contributed by atoms with Gasteiger partial charge < -0.3 is 20.1 Å². The van der Waals surface area contributed by atoms with E-state index in [2.05, 4.69) is 123 Å². The van der Waals surface area contributed by atoms with Crippen molar-refractivity contribution in [2.45, 2.75) is 200 Å². The Morgan fingerprint density at radius 2 is 0.828 bits per heavy atom. The Labute approximate surface area is 393 Å². The first-order chi connectivity index (χ1) is 31.4. The molecule has 0 aromatic heterocycles. The summed E-state index contributed by atoms with van der Waals surface area (Å²) >= 11 is 0. The number of ether oxygens (including phenoxy) is 2. The van der Waals surface area contributed by atoms with Crippen molar-refractivity contribution in [3.8, 4) is 0 Å². The molecule has 0 aliphatic rings. The quantitative estimate of drug-likeness (QED) is 0.0268. The van der Waals surface area contributed by atoms with Gasteiger partial charge in [0.05, 0.1) is 19.8 Å². The zero-order valence-electron chi connectivity index (χ0n) is 40.7. The topological polar surface area (TPSA) is 117 Å². The van der Waals surface area contributed by atoms with E-state index < -0.39 is 13.9 Å². The molecule has 366 valence electrons. The van der Waals surface area contributed by atoms with Crippen LogP contribution in [0.5, 0.6) is 0 Å². The molecule has 0 rings (SSSR count). The predicted octanol–water partition coefficient (Wildman–Crippen LogP) is 16.0. The van der Waals surface area contributed by atoms with Gasteiger partial charge in [0.1, 0.15) is 6.10 Å². The Kier molecular flexibility index (Phi) is 48.9. The van der Waals surface area contributed by atoms with E-state index in [1.807, 2.05) is 0 Å². The lowest BCUT2D eigenvalue weighted by Crippen LogP contribution is -2.28. The molecule has 0 aliphatic heterocycles. The number of esters is 1. The fourth-order valence-electron chi connectivity index (χ4n) is 6.54. The average Bonchev–Trinajstić information content (AvgIpc) is 3.29. The number of unbranched alkanes of at least 4 members (excludes halogenated alkanes) is 16. The van der Waals surface area contributed by atoms with Crippen LogP contribution >= 0.6 is 7.82 Å². The second kappa shape index (κ2) is 51.1. The zero-order valence-corrected chi connectivity index (χ0v) is 41.6. The molecule has 0 aliphatic carbocycles. The van der Waals surface area contributed by atoms with Crippen molar-refractivity contribution in [2.75, 3.05) is 33.0 Å². The summed E-state index contributed by atoms with van der Waals surface area (Å²) in [6.45, 7) is 4.63. The van der Waals surface area contributed by atoms with Crippen LogP contribution in [-0.4, -0.2) is 49.9 Å². The van der Waals surface area contributed by atoms with Crippen LogP contribution in [0.3, 0.4) is 0 Å². The summed E-state index contributed by atoms with van der Waals surface area (Å²) in [4.78, 5) is 22.6. The van der Waals surface area contributed by atoms with Gasteiger partial charge in [0.15, 0.2) is 0 Å². The summed E-state index contributed by atoms with van der Waals surface area (Å²) < 4.78 is 33.5. The lowest BCUT2D eigenvalue weighted by atomic mass is 10.0. The van der Waals surface area contributed by atoms with Gasteiger partial charge in [-0.25, -0.2) is 4.57 Å². The average molecular weight is 912 g/mol. The molecule has 0 saturated carbocycles. The number of rotatable bonds is 47. The van der Waals surface area contributed by atoms with Crippen LogP contribution in [-0.2, 0) is 27.9 Å². The van der Waals surface area contributed by atoms with Crippen molar-refractivity contribution >= 4 is 13.8 Å². The number of carbonyl (C=O) groups is 1. The van der Waals surface area contributed by atoms with Gasteiger partial charge in [0, 0.05) is 19.6 Å². The Balaban J connectivity index is 4.00. The standard InChI is InChI=1S/C55H94NO7P/c1-3-5-7-9-11-13-15-17-19-21-23-24-25-26-27-28-29-31-33-35-37-39-41-43-45-47-50-60-52-54(53-62-64(58,59)61-51-49-56)63-55(57)48-46-44-42-40-38-36-34-32-30-22-20-18-16-14-12-10-8-6-4-2/h5-8,11-14,17-20,23-24,30,32,36,38,54H,3-4,9-10,15-16,21-22,25-29,31,33-35,37,39-53,56H2,1-2H3,(H,58,59)/b7-5-,8-6-,13-11-,14-12-,19-17-,20-18-,24-23-,32-30-,38-36-. The maximum Gasteiger partial charge on any atom is 0.472 e. The third-order valence-electron chi connectivity index (χ3n) is 10.2. The van der Waals surface area contributed by atoms with Crippen LogP contribution in [0, 0.1) is 0 Å². The van der Waals surface area contributed by atoms with Crippen LogP contribution < -0.4 is 5.73 Å². The molecule has 0 aromatic rings. The number of hydrogen-bond donors (Lipinski definition) is 2. The van der Waals surface area contributed by atoms with Crippen molar-refractivity contribution in [3.05, 3.63) is 109 Å². The maximum atomic E-state index is 12.6. The minimum absolute atomic E-state index is 0.0888. The fourth-order valence-corrected chi connectivity index (χ4v) is 7.31. The molecule has 0 radical (unpaired) electrons. The predicted molar refractivity (Wildman–Crippen MR) is 274 cm³/mol. The number of nitrogens with two attached hydrogens (primary N) is 1. The minimum Gasteiger partial charge on any atom is -0.457 e. The van der Waals surface area contributed by atoms with E-state index in [-0.39, 0.29) is 38.8 Å². The molecule has 0 aromatic carbocycles. The van der Waals surface area contributed by atoms with E-state index in [0.29, 0.717) is 13.0 Å². The van der Waals surface area contributed by atoms with Gasteiger partial charge in [-0.15, -0.1) is 0 Å². The molecule has 2 unspecified atom stereocenters. The Bertz CT molecular complexity index is 1350. The van der Waals surface area contributed by atoms with E-state index >= 15 is 0 Å². The highest BCUT2D eigenvalue weighted by Gasteiger charge is 2.25. The Hall–Kier alpha value is -2.84. The van der Waals surface area contributed by atoms with Crippen LogP contribution in [0.1, 0.15) is 194 Å². The largest absolute Gasteiger partial charge is 0.472 e. The molecule has 0 amide bonds. The van der Waals surface area contributed by atoms with Crippen molar-refractivity contribution in [1.82, 2.24) is 0 Å². The number of hydrogen-bond acceptors (Lipinski definition) is 7. The number of carbonyl (C=O) groups excluding carboxylic acids is 1. The van der Waals surface area contributed by atoms with E-state index in [0.717, 1.165) is 89.9 Å². The van der Waals surface area contributed by atoms with Gasteiger partial charge >= 0.3 is 13.8 Å². The highest BCUT2D eigenvalue weighted by Crippen LogP contribution is 2.43. The fraction of sp³-hybridized carbons (Fsp3) is 0.655. The lowest BCUT2D eigenvalue weighted by Gasteiger charge is -2.20. The summed E-state index contributed by atoms with van der Waals surface area (Å²) in [5.41, 5.74) is 5.39. The highest BCUT2D eigenvalue weighted by atomic mass is 31.2. The smallest absolute Gasteiger partial charge is 0.457 e. The Morgan fingerprint density at radius 1 is 0.469 bits per heavy atom. The van der Waals surface area contributed by atoms with Crippen LogP contribution in [0.4, 0.5) is 0 Å². The SMILES string of the molecule is CC/C=C\C/C=C\C/C=C\C/C=C\C/C=C\CCCCCC(=O)OC(COCCCCCCCCCCCCCCC/C=C\C/C=C\C/C=C\C/C=C\CC)COP(=O)(O)OCCN. The highest BCUT2D eigenvalue weighted by molar-refractivity contribution is 7.47. The summed E-state index contributed by atoms with van der Waals surface area (Å²) in [6.07, 6.45) is 69.8. The molecule has 3 N–H and O–H groups in total. The van der Waals surface area contributed by atoms with Crippen LogP contribution in [0.25, 0.3) is 0 Å². The second-order valence-electron chi connectivity index (χ2n) is 16.3. The maximum absolute atomic E-state index is 12.6. The van der Waals surface area contributed by atoms with Gasteiger partial charge in [0.2, 0.25) is 0 Å². The molecule has 2 atom stereocenters. The lowest BCUT2D eigenvalue weighted by molar-refractivity contribution is -0.154. The van der Waals surface area contributed by atoms with Gasteiger partial charge in [0.25, 0.3) is 0 Å². The Morgan fingerprint density at radius 3 is 1.23 bits per heavy atom. The van der Waals surface area contributed by atoms with Gasteiger partial charge in [-0.05, 0) is 96.3 Å². The van der Waals surface area contributed by atoms with Crippen molar-refractivity contribution in [1.29, 1.82) is 0 Å². The number of phosphoric acid groups is 1. The molecule has 0 fully saturated rings. The third-order valence-corrected chi connectivity index (χ3v) is 11.2. The van der Waals surface area contributed by atoms with Crippen molar-refractivity contribution in [2.24, 2.45) is 5.73 Å². The molecule has 0 spiro atoms. The summed E-state index contributed by atoms with van der Waals surface area (Å²) in [6, 6.07) is 0. The molecule has 0 heterocycles. The second-order valence-corrected chi connectivity index (χ2v) is 17.7. The van der Waals surface area contributed by atoms with Crippen molar-refractivity contribution < 1.29 is 32.8 Å². The summed E-state index contributed by atoms with van der Waals surface area (Å²) in [5, 5.41) is 0. The number of phosphoric ester groups is 1. The molecule has 0 saturated heterocycles. The minimum atomic E-state index is -4.30. The third kappa shape index (κ3) is 50.2. The van der Waals surface area contributed by atoms with Gasteiger partial charge in [-0.1, -0.05) is 200 Å². The molecule has 8 nitrogen and oxygen atoms in total. The summed E-state index contributed by atoms with van der Waals surface area (Å²) in [7, 11) is -4.30. The van der Waals surface area contributed by atoms with Gasteiger partial charge in [-0.3, -0.25) is 13.8 Å². The van der Waals surface area contributed by atoms with Crippen molar-refractivity contribution in [3.63, 3.8) is 0 Å². The normalized spacial score (nSPS) is 14.2. The molecule has 9 heteroatoms. The van der Waals surface area contributed by atoms with E-state index in [9.17, 15) is 14.3 Å². The first-order valence-electron chi connectivity index (χ1n) is 25.4. The first kappa shape index (κ1) is 61.2.